The highest BCUT2D eigenvalue weighted by Crippen LogP contribution is 2.17. The fraction of sp³-hybridized carbons (Fsp3) is 0.562. The molecule has 1 fully saturated rings. The zero-order valence-electron chi connectivity index (χ0n) is 11.9. The predicted octanol–water partition coefficient (Wildman–Crippen LogP) is 1.33. The summed E-state index contributed by atoms with van der Waals surface area (Å²) in [4.78, 5) is 12.0. The van der Waals surface area contributed by atoms with E-state index in [0.717, 1.165) is 32.1 Å². The third-order valence-corrected chi connectivity index (χ3v) is 4.04. The van der Waals surface area contributed by atoms with Gasteiger partial charge in [-0.25, -0.2) is 0 Å². The summed E-state index contributed by atoms with van der Waals surface area (Å²) in [6.45, 7) is 0. The molecule has 0 aromatic heterocycles. The molecular weight excluding hydrogens is 250 g/mol. The Morgan fingerprint density at radius 1 is 1.20 bits per heavy atom. The largest absolute Gasteiger partial charge is 0.352 e. The number of nitrogens with two attached hydrogens (primary N) is 2. The van der Waals surface area contributed by atoms with Gasteiger partial charge in [-0.1, -0.05) is 30.3 Å². The Hall–Kier alpha value is -1.39. The number of amides is 1. The van der Waals surface area contributed by atoms with Gasteiger partial charge in [-0.3, -0.25) is 4.79 Å². The molecule has 0 bridgehead atoms. The van der Waals surface area contributed by atoms with Crippen molar-refractivity contribution >= 4 is 5.91 Å². The van der Waals surface area contributed by atoms with Gasteiger partial charge in [0.25, 0.3) is 0 Å². The van der Waals surface area contributed by atoms with Gasteiger partial charge in [-0.2, -0.15) is 0 Å². The first-order valence-corrected chi connectivity index (χ1v) is 7.50. The summed E-state index contributed by atoms with van der Waals surface area (Å²) in [5.74, 6) is -0.0265. The lowest BCUT2D eigenvalue weighted by atomic mass is 9.91. The van der Waals surface area contributed by atoms with Crippen LogP contribution < -0.4 is 16.8 Å². The van der Waals surface area contributed by atoms with Gasteiger partial charge < -0.3 is 16.8 Å². The van der Waals surface area contributed by atoms with E-state index in [1.807, 2.05) is 18.2 Å². The van der Waals surface area contributed by atoms with Crippen LogP contribution in [0.15, 0.2) is 30.3 Å². The van der Waals surface area contributed by atoms with E-state index in [1.165, 1.54) is 5.56 Å². The van der Waals surface area contributed by atoms with E-state index in [-0.39, 0.29) is 11.9 Å². The van der Waals surface area contributed by atoms with Crippen molar-refractivity contribution in [1.82, 2.24) is 5.32 Å². The summed E-state index contributed by atoms with van der Waals surface area (Å²) in [5, 5.41) is 3.06. The van der Waals surface area contributed by atoms with E-state index in [2.05, 4.69) is 17.4 Å². The van der Waals surface area contributed by atoms with Gasteiger partial charge in [-0.15, -0.1) is 0 Å². The number of nitrogens with one attached hydrogen (secondary N) is 1. The van der Waals surface area contributed by atoms with Crippen LogP contribution >= 0.6 is 0 Å². The van der Waals surface area contributed by atoms with E-state index >= 15 is 0 Å². The van der Waals surface area contributed by atoms with Gasteiger partial charge in [0, 0.05) is 12.1 Å². The summed E-state index contributed by atoms with van der Waals surface area (Å²) in [6.07, 6.45) is 5.44. The van der Waals surface area contributed by atoms with Gasteiger partial charge in [0.1, 0.15) is 0 Å². The Morgan fingerprint density at radius 2 is 1.85 bits per heavy atom. The van der Waals surface area contributed by atoms with Crippen LogP contribution in [0.3, 0.4) is 0 Å². The maximum atomic E-state index is 12.0. The molecule has 0 spiro atoms. The number of hydrogen-bond donors (Lipinski definition) is 3. The Bertz CT molecular complexity index is 413. The first kappa shape index (κ1) is 15.0. The minimum Gasteiger partial charge on any atom is -0.352 e. The SMILES string of the molecule is NC1CCC(NC(=O)[C@@H](N)CCc2ccccc2)CC1. The maximum absolute atomic E-state index is 12.0. The standard InChI is InChI=1S/C16H25N3O/c17-13-7-9-14(10-8-13)19-16(20)15(18)11-6-12-4-2-1-3-5-12/h1-5,13-15H,6-11,17-18H2,(H,19,20)/t13?,14?,15-/m0/s1. The maximum Gasteiger partial charge on any atom is 0.237 e. The second kappa shape index (κ2) is 7.41. The van der Waals surface area contributed by atoms with Gasteiger partial charge in [0.15, 0.2) is 0 Å². The van der Waals surface area contributed by atoms with E-state index in [0.29, 0.717) is 12.5 Å². The second-order valence-electron chi connectivity index (χ2n) is 5.75. The van der Waals surface area contributed by atoms with Gasteiger partial charge in [0.2, 0.25) is 5.91 Å². The lowest BCUT2D eigenvalue weighted by molar-refractivity contribution is -0.123. The smallest absolute Gasteiger partial charge is 0.237 e. The summed E-state index contributed by atoms with van der Waals surface area (Å²) in [5.41, 5.74) is 13.1. The van der Waals surface area contributed by atoms with Crippen molar-refractivity contribution in [2.75, 3.05) is 0 Å². The minimum absolute atomic E-state index is 0.0265. The van der Waals surface area contributed by atoms with Crippen LogP contribution in [-0.2, 0) is 11.2 Å². The molecule has 0 unspecified atom stereocenters. The van der Waals surface area contributed by atoms with Crippen LogP contribution in [0.25, 0.3) is 0 Å². The molecule has 5 N–H and O–H groups in total. The molecule has 4 nitrogen and oxygen atoms in total. The average molecular weight is 275 g/mol. The summed E-state index contributed by atoms with van der Waals surface area (Å²) >= 11 is 0. The normalized spacial score (nSPS) is 24.1. The van der Waals surface area contributed by atoms with E-state index in [9.17, 15) is 4.79 Å². The van der Waals surface area contributed by atoms with Gasteiger partial charge >= 0.3 is 0 Å². The Morgan fingerprint density at radius 3 is 2.50 bits per heavy atom. The minimum atomic E-state index is -0.425. The quantitative estimate of drug-likeness (QED) is 0.758. The highest BCUT2D eigenvalue weighted by atomic mass is 16.2. The highest BCUT2D eigenvalue weighted by molar-refractivity contribution is 5.81. The van der Waals surface area contributed by atoms with Crippen LogP contribution in [-0.4, -0.2) is 24.0 Å². The molecule has 0 radical (unpaired) electrons. The molecule has 1 aliphatic carbocycles. The zero-order chi connectivity index (χ0) is 14.4. The third-order valence-electron chi connectivity index (χ3n) is 4.04. The summed E-state index contributed by atoms with van der Waals surface area (Å²) in [7, 11) is 0. The second-order valence-corrected chi connectivity index (χ2v) is 5.75. The zero-order valence-corrected chi connectivity index (χ0v) is 11.9. The predicted molar refractivity (Wildman–Crippen MR) is 81.1 cm³/mol. The van der Waals surface area contributed by atoms with Crippen molar-refractivity contribution in [3.63, 3.8) is 0 Å². The van der Waals surface area contributed by atoms with Gasteiger partial charge in [0.05, 0.1) is 6.04 Å². The number of aryl methyl sites for hydroxylation is 1. The molecule has 4 heteroatoms. The molecule has 0 aliphatic heterocycles. The van der Waals surface area contributed by atoms with E-state index < -0.39 is 6.04 Å². The topological polar surface area (TPSA) is 81.1 Å². The monoisotopic (exact) mass is 275 g/mol. The first-order chi connectivity index (χ1) is 9.65. The third kappa shape index (κ3) is 4.62. The van der Waals surface area contributed by atoms with Crippen molar-refractivity contribution in [2.45, 2.75) is 56.7 Å². The van der Waals surface area contributed by atoms with Crippen molar-refractivity contribution in [3.05, 3.63) is 35.9 Å². The molecule has 1 atom stereocenters. The molecule has 1 aromatic carbocycles. The Labute approximate surface area is 120 Å². The fourth-order valence-electron chi connectivity index (χ4n) is 2.67. The summed E-state index contributed by atoms with van der Waals surface area (Å²) < 4.78 is 0. The van der Waals surface area contributed by atoms with Gasteiger partial charge in [-0.05, 0) is 44.1 Å². The van der Waals surface area contributed by atoms with Crippen LogP contribution in [0.4, 0.5) is 0 Å². The van der Waals surface area contributed by atoms with Crippen LogP contribution in [0.2, 0.25) is 0 Å². The molecule has 0 heterocycles. The molecular formula is C16H25N3O. The molecule has 2 rings (SSSR count). The number of carbonyl (C=O) groups excluding carboxylic acids is 1. The van der Waals surface area contributed by atoms with Crippen molar-refractivity contribution < 1.29 is 4.79 Å². The Kier molecular flexibility index (Phi) is 5.56. The number of rotatable bonds is 5. The fourth-order valence-corrected chi connectivity index (χ4v) is 2.67. The van der Waals surface area contributed by atoms with E-state index in [1.54, 1.807) is 0 Å². The summed E-state index contributed by atoms with van der Waals surface area (Å²) in [6, 6.07) is 10.3. The van der Waals surface area contributed by atoms with Crippen LogP contribution in [0, 0.1) is 0 Å². The average Bonchev–Trinajstić information content (AvgIpc) is 2.48. The molecule has 110 valence electrons. The van der Waals surface area contributed by atoms with Crippen LogP contribution in [0.1, 0.15) is 37.7 Å². The van der Waals surface area contributed by atoms with Crippen molar-refractivity contribution in [2.24, 2.45) is 11.5 Å². The molecule has 1 saturated carbocycles. The van der Waals surface area contributed by atoms with Crippen molar-refractivity contribution in [1.29, 1.82) is 0 Å². The van der Waals surface area contributed by atoms with Crippen molar-refractivity contribution in [3.8, 4) is 0 Å². The molecule has 1 aliphatic rings. The molecule has 20 heavy (non-hydrogen) atoms. The number of carbonyl (C=O) groups is 1. The highest BCUT2D eigenvalue weighted by Gasteiger charge is 2.22. The number of hydrogen-bond acceptors (Lipinski definition) is 3. The molecule has 1 aromatic rings. The molecule has 0 saturated heterocycles. The number of benzene rings is 1. The molecule has 1 amide bonds. The lowest BCUT2D eigenvalue weighted by Crippen LogP contribution is -2.47. The lowest BCUT2D eigenvalue weighted by Gasteiger charge is -2.27. The Balaban J connectivity index is 1.72. The first-order valence-electron chi connectivity index (χ1n) is 7.50. The van der Waals surface area contributed by atoms with Crippen LogP contribution in [0.5, 0.6) is 0 Å². The van der Waals surface area contributed by atoms with E-state index in [4.69, 9.17) is 11.5 Å².